The predicted octanol–water partition coefficient (Wildman–Crippen LogP) is 3.47. The molecule has 0 aliphatic rings. The van der Waals surface area contributed by atoms with Crippen LogP contribution in [0.3, 0.4) is 0 Å². The lowest BCUT2D eigenvalue weighted by Gasteiger charge is -1.99. The second-order valence-electron chi connectivity index (χ2n) is 3.33. The molecule has 0 atom stereocenters. The van der Waals surface area contributed by atoms with E-state index >= 15 is 0 Å². The van der Waals surface area contributed by atoms with Gasteiger partial charge in [-0.3, -0.25) is 0 Å². The molecule has 0 saturated carbocycles. The van der Waals surface area contributed by atoms with E-state index in [9.17, 15) is 0 Å². The number of aromatic nitrogens is 2. The van der Waals surface area contributed by atoms with Gasteiger partial charge in [0.25, 0.3) is 0 Å². The van der Waals surface area contributed by atoms with Crippen LogP contribution in [-0.4, -0.2) is 9.97 Å². The first kappa shape index (κ1) is 9.30. The molecule has 0 fully saturated rings. The zero-order chi connectivity index (χ0) is 10.8. The third-order valence-corrected chi connectivity index (χ3v) is 2.91. The molecule has 16 heavy (non-hydrogen) atoms. The molecule has 0 saturated heterocycles. The molecule has 1 aromatic carbocycles. The Hall–Kier alpha value is -1.94. The average molecular weight is 228 g/mol. The molecule has 3 aromatic rings. The fourth-order valence-corrected chi connectivity index (χ4v) is 2.11. The van der Waals surface area contributed by atoms with E-state index in [4.69, 9.17) is 4.42 Å². The van der Waals surface area contributed by atoms with Crippen molar-refractivity contribution in [3.63, 3.8) is 0 Å². The molecule has 0 radical (unpaired) electrons. The molecule has 78 valence electrons. The summed E-state index contributed by atoms with van der Waals surface area (Å²) in [5, 5.41) is 2.03. The normalized spacial score (nSPS) is 10.5. The van der Waals surface area contributed by atoms with Crippen LogP contribution < -0.4 is 0 Å². The van der Waals surface area contributed by atoms with Crippen molar-refractivity contribution in [3.05, 3.63) is 47.8 Å². The number of oxazole rings is 1. The maximum Gasteiger partial charge on any atom is 0.181 e. The van der Waals surface area contributed by atoms with Crippen molar-refractivity contribution in [2.45, 2.75) is 0 Å². The molecule has 4 heteroatoms. The van der Waals surface area contributed by atoms with Crippen LogP contribution in [0.25, 0.3) is 22.5 Å². The highest BCUT2D eigenvalue weighted by Gasteiger charge is 2.04. The summed E-state index contributed by atoms with van der Waals surface area (Å²) in [6, 6.07) is 8.11. The molecule has 0 N–H and O–H groups in total. The molecule has 0 bridgehead atoms. The standard InChI is InChI=1S/C12H8N2OS/c1-2-9(11-5-15-7-13-11)4-10(3-1)12-6-16-8-14-12/h1-8H. The lowest BCUT2D eigenvalue weighted by atomic mass is 10.1. The van der Waals surface area contributed by atoms with Crippen LogP contribution in [0.15, 0.2) is 52.2 Å². The summed E-state index contributed by atoms with van der Waals surface area (Å²) in [6.45, 7) is 0. The van der Waals surface area contributed by atoms with Gasteiger partial charge in [-0.2, -0.15) is 0 Å². The fraction of sp³-hybridized carbons (Fsp3) is 0. The number of hydrogen-bond acceptors (Lipinski definition) is 4. The molecule has 3 rings (SSSR count). The zero-order valence-electron chi connectivity index (χ0n) is 8.33. The Morgan fingerprint density at radius 3 is 2.62 bits per heavy atom. The van der Waals surface area contributed by atoms with E-state index in [1.165, 1.54) is 6.39 Å². The van der Waals surface area contributed by atoms with E-state index in [-0.39, 0.29) is 0 Å². The summed E-state index contributed by atoms with van der Waals surface area (Å²) in [5.74, 6) is 0. The van der Waals surface area contributed by atoms with Gasteiger partial charge in [-0.15, -0.1) is 11.3 Å². The Balaban J connectivity index is 2.07. The van der Waals surface area contributed by atoms with Gasteiger partial charge in [0, 0.05) is 16.5 Å². The fourth-order valence-electron chi connectivity index (χ4n) is 1.55. The molecule has 0 aliphatic carbocycles. The Morgan fingerprint density at radius 2 is 1.94 bits per heavy atom. The van der Waals surface area contributed by atoms with Crippen LogP contribution >= 0.6 is 11.3 Å². The van der Waals surface area contributed by atoms with Crippen LogP contribution in [0.1, 0.15) is 0 Å². The molecule has 0 unspecified atom stereocenters. The van der Waals surface area contributed by atoms with E-state index in [1.54, 1.807) is 17.6 Å². The lowest BCUT2D eigenvalue weighted by Crippen LogP contribution is -1.80. The minimum atomic E-state index is 0.845. The topological polar surface area (TPSA) is 38.9 Å². The van der Waals surface area contributed by atoms with E-state index in [2.05, 4.69) is 16.0 Å². The number of thiazole rings is 1. The van der Waals surface area contributed by atoms with Crippen molar-refractivity contribution in [1.82, 2.24) is 9.97 Å². The summed E-state index contributed by atoms with van der Waals surface area (Å²) in [6.07, 6.45) is 3.07. The van der Waals surface area contributed by atoms with Crippen LogP contribution in [0.5, 0.6) is 0 Å². The minimum absolute atomic E-state index is 0.845. The molecular weight excluding hydrogens is 220 g/mol. The van der Waals surface area contributed by atoms with Gasteiger partial charge >= 0.3 is 0 Å². The van der Waals surface area contributed by atoms with E-state index in [1.807, 2.05) is 29.1 Å². The zero-order valence-corrected chi connectivity index (χ0v) is 9.15. The van der Waals surface area contributed by atoms with Gasteiger partial charge in [-0.25, -0.2) is 9.97 Å². The van der Waals surface area contributed by atoms with Gasteiger partial charge in [-0.1, -0.05) is 18.2 Å². The van der Waals surface area contributed by atoms with Crippen LogP contribution in [0.4, 0.5) is 0 Å². The summed E-state index contributed by atoms with van der Waals surface area (Å²) >= 11 is 1.59. The molecule has 0 aliphatic heterocycles. The lowest BCUT2D eigenvalue weighted by molar-refractivity contribution is 0.558. The number of rotatable bonds is 2. The maximum atomic E-state index is 4.97. The Morgan fingerprint density at radius 1 is 1.06 bits per heavy atom. The summed E-state index contributed by atoms with van der Waals surface area (Å²) in [4.78, 5) is 8.41. The maximum absolute atomic E-state index is 4.97. The van der Waals surface area contributed by atoms with E-state index < -0.39 is 0 Å². The van der Waals surface area contributed by atoms with Gasteiger partial charge in [-0.05, 0) is 6.07 Å². The van der Waals surface area contributed by atoms with Crippen molar-refractivity contribution in [3.8, 4) is 22.5 Å². The largest absolute Gasteiger partial charge is 0.451 e. The van der Waals surface area contributed by atoms with Gasteiger partial charge in [0.2, 0.25) is 0 Å². The quantitative estimate of drug-likeness (QED) is 0.674. The molecule has 3 nitrogen and oxygen atoms in total. The third-order valence-electron chi connectivity index (χ3n) is 2.32. The van der Waals surface area contributed by atoms with Gasteiger partial charge in [0.15, 0.2) is 6.39 Å². The first-order valence-corrected chi connectivity index (χ1v) is 5.75. The van der Waals surface area contributed by atoms with Crippen molar-refractivity contribution < 1.29 is 4.42 Å². The van der Waals surface area contributed by atoms with Gasteiger partial charge in [0.05, 0.1) is 11.2 Å². The number of benzene rings is 1. The molecule has 2 aromatic heterocycles. The highest BCUT2D eigenvalue weighted by Crippen LogP contribution is 2.24. The summed E-state index contributed by atoms with van der Waals surface area (Å²) in [5.41, 5.74) is 5.81. The van der Waals surface area contributed by atoms with Gasteiger partial charge in [0.1, 0.15) is 12.0 Å². The van der Waals surface area contributed by atoms with Crippen LogP contribution in [-0.2, 0) is 0 Å². The first-order valence-electron chi connectivity index (χ1n) is 4.81. The highest BCUT2D eigenvalue weighted by atomic mass is 32.1. The highest BCUT2D eigenvalue weighted by molar-refractivity contribution is 7.07. The van der Waals surface area contributed by atoms with E-state index in [0.29, 0.717) is 0 Å². The Labute approximate surface area is 96.4 Å². The second-order valence-corrected chi connectivity index (χ2v) is 4.05. The smallest absolute Gasteiger partial charge is 0.181 e. The van der Waals surface area contributed by atoms with Gasteiger partial charge < -0.3 is 4.42 Å². The van der Waals surface area contributed by atoms with E-state index in [0.717, 1.165) is 22.5 Å². The molecule has 0 amide bonds. The minimum Gasteiger partial charge on any atom is -0.451 e. The molecule has 2 heterocycles. The Bertz CT molecular complexity index is 523. The molecule has 0 spiro atoms. The summed E-state index contributed by atoms with van der Waals surface area (Å²) in [7, 11) is 0. The average Bonchev–Trinajstić information content (AvgIpc) is 3.03. The van der Waals surface area contributed by atoms with Crippen LogP contribution in [0.2, 0.25) is 0 Å². The second kappa shape index (κ2) is 3.90. The van der Waals surface area contributed by atoms with Crippen LogP contribution in [0, 0.1) is 0 Å². The number of hydrogen-bond donors (Lipinski definition) is 0. The van der Waals surface area contributed by atoms with Crippen molar-refractivity contribution in [2.24, 2.45) is 0 Å². The monoisotopic (exact) mass is 228 g/mol. The van der Waals surface area contributed by atoms with Crippen molar-refractivity contribution in [1.29, 1.82) is 0 Å². The predicted molar refractivity (Wildman–Crippen MR) is 63.0 cm³/mol. The molecular formula is C12H8N2OS. The van der Waals surface area contributed by atoms with Crippen molar-refractivity contribution >= 4 is 11.3 Å². The SMILES string of the molecule is c1cc(-c2cocn2)cc(-c2cscn2)c1. The third kappa shape index (κ3) is 1.63. The van der Waals surface area contributed by atoms with Crippen molar-refractivity contribution in [2.75, 3.05) is 0 Å². The first-order chi connectivity index (χ1) is 7.93. The summed E-state index contributed by atoms with van der Waals surface area (Å²) < 4.78 is 4.97. The Kier molecular flexibility index (Phi) is 2.27. The number of nitrogens with zero attached hydrogens (tertiary/aromatic N) is 2.